The molecule has 0 aliphatic carbocycles. The van der Waals surface area contributed by atoms with Crippen LogP contribution in [0.5, 0.6) is 0 Å². The Labute approximate surface area is 436 Å². The molecule has 15 rings (SSSR count). The Hall–Kier alpha value is -9.75. The Kier molecular flexibility index (Phi) is 10.00. The molecule has 15 aromatic rings. The number of fused-ring (bicyclic) bond motifs is 11. The van der Waals surface area contributed by atoms with Gasteiger partial charge in [-0.2, -0.15) is 0 Å². The van der Waals surface area contributed by atoms with Gasteiger partial charge in [-0.25, -0.2) is 15.0 Å². The molecule has 350 valence electrons. The first-order chi connectivity index (χ1) is 37.2. The molecular formula is C69H43N5S. The quantitative estimate of drug-likeness (QED) is 0.152. The highest BCUT2D eigenvalue weighted by Crippen LogP contribution is 2.47. The number of hydrogen-bond donors (Lipinski definition) is 0. The van der Waals surface area contributed by atoms with E-state index in [1.54, 1.807) is 0 Å². The first-order valence-corrected chi connectivity index (χ1v) is 26.2. The maximum Gasteiger partial charge on any atom is 0.164 e. The highest BCUT2D eigenvalue weighted by Gasteiger charge is 2.23. The Morgan fingerprint density at radius 3 is 1.00 bits per heavy atom. The van der Waals surface area contributed by atoms with Crippen molar-refractivity contribution in [1.29, 1.82) is 0 Å². The molecule has 0 amide bonds. The van der Waals surface area contributed by atoms with E-state index in [0.717, 1.165) is 55.8 Å². The van der Waals surface area contributed by atoms with E-state index >= 15 is 0 Å². The largest absolute Gasteiger partial charge is 0.308 e. The maximum atomic E-state index is 5.31. The van der Waals surface area contributed by atoms with Gasteiger partial charge in [0.2, 0.25) is 0 Å². The van der Waals surface area contributed by atoms with E-state index in [0.29, 0.717) is 17.5 Å². The van der Waals surface area contributed by atoms with E-state index < -0.39 is 0 Å². The van der Waals surface area contributed by atoms with Gasteiger partial charge in [0.15, 0.2) is 17.5 Å². The number of rotatable bonds is 8. The predicted molar refractivity (Wildman–Crippen MR) is 314 cm³/mol. The van der Waals surface area contributed by atoms with Crippen LogP contribution >= 0.6 is 11.3 Å². The average molecular weight is 974 g/mol. The van der Waals surface area contributed by atoms with E-state index in [2.05, 4.69) is 258 Å². The van der Waals surface area contributed by atoms with Crippen molar-refractivity contribution in [2.45, 2.75) is 0 Å². The molecule has 0 fully saturated rings. The van der Waals surface area contributed by atoms with Crippen LogP contribution in [-0.2, 0) is 0 Å². The number of para-hydroxylation sites is 2. The molecule has 0 saturated heterocycles. The average Bonchev–Trinajstić information content (AvgIpc) is 4.16. The Balaban J connectivity index is 0.938. The van der Waals surface area contributed by atoms with Crippen LogP contribution in [0.4, 0.5) is 0 Å². The summed E-state index contributed by atoms with van der Waals surface area (Å²) in [5, 5.41) is 7.39. The molecule has 0 aliphatic rings. The highest BCUT2D eigenvalue weighted by atomic mass is 32.1. The summed E-state index contributed by atoms with van der Waals surface area (Å²) >= 11 is 1.89. The third-order valence-electron chi connectivity index (χ3n) is 14.7. The topological polar surface area (TPSA) is 48.5 Å². The summed E-state index contributed by atoms with van der Waals surface area (Å²) in [5.41, 5.74) is 16.5. The second-order valence-electron chi connectivity index (χ2n) is 19.2. The van der Waals surface area contributed by atoms with Crippen LogP contribution < -0.4 is 0 Å². The van der Waals surface area contributed by atoms with Crippen LogP contribution in [0.15, 0.2) is 261 Å². The second kappa shape index (κ2) is 17.5. The maximum absolute atomic E-state index is 5.31. The number of thiophene rings is 1. The summed E-state index contributed by atoms with van der Waals surface area (Å²) in [7, 11) is 0. The van der Waals surface area contributed by atoms with Crippen LogP contribution in [0.1, 0.15) is 0 Å². The second-order valence-corrected chi connectivity index (χ2v) is 20.2. The normalized spacial score (nSPS) is 11.7. The van der Waals surface area contributed by atoms with Gasteiger partial charge in [-0.3, -0.25) is 0 Å². The number of nitrogens with zero attached hydrogens (tertiary/aromatic N) is 5. The third kappa shape index (κ3) is 7.18. The van der Waals surface area contributed by atoms with E-state index in [1.807, 2.05) is 23.5 Å². The lowest BCUT2D eigenvalue weighted by atomic mass is 10.0. The van der Waals surface area contributed by atoms with Crippen LogP contribution in [0.2, 0.25) is 0 Å². The fourth-order valence-corrected chi connectivity index (χ4v) is 12.6. The molecule has 0 radical (unpaired) electrons. The predicted octanol–water partition coefficient (Wildman–Crippen LogP) is 18.4. The molecule has 6 heteroatoms. The van der Waals surface area contributed by atoms with Gasteiger partial charge in [0, 0.05) is 60.4 Å². The lowest BCUT2D eigenvalue weighted by Crippen LogP contribution is -2.01. The summed E-state index contributed by atoms with van der Waals surface area (Å²) in [6, 6.07) is 93.3. The number of benzene rings is 11. The standard InChI is InChI=1S/C69H43N5S/c1-4-18-44(19-5-1)47-24-14-27-50(40-47)67-70-68(51-28-15-25-48(41-51)45-20-6-2-7-21-45)72-69(71-67)52-29-17-31-54(43-52)74-62-35-13-11-33-56(62)58-37-39-60-59-38-36-57-55-32-10-12-34-61(55)73(63(57)65(59)75-66(60)64(58)74)53-30-16-26-49(42-53)46-22-8-3-9-23-46/h1-43H. The molecule has 11 aromatic carbocycles. The van der Waals surface area contributed by atoms with Crippen LogP contribution in [0.25, 0.3) is 143 Å². The van der Waals surface area contributed by atoms with E-state index in [4.69, 9.17) is 15.0 Å². The molecular weight excluding hydrogens is 931 g/mol. The zero-order valence-corrected chi connectivity index (χ0v) is 41.3. The van der Waals surface area contributed by atoms with Crippen molar-refractivity contribution >= 4 is 75.1 Å². The van der Waals surface area contributed by atoms with E-state index in [9.17, 15) is 0 Å². The fourth-order valence-electron chi connectivity index (χ4n) is 11.3. The Morgan fingerprint density at radius 1 is 0.240 bits per heavy atom. The molecule has 4 heterocycles. The number of hydrogen-bond acceptors (Lipinski definition) is 4. The molecule has 0 aliphatic heterocycles. The molecule has 0 saturated carbocycles. The third-order valence-corrected chi connectivity index (χ3v) is 16.0. The van der Waals surface area contributed by atoms with Crippen LogP contribution in [0, 0.1) is 0 Å². The van der Waals surface area contributed by atoms with E-state index in [-0.39, 0.29) is 0 Å². The van der Waals surface area contributed by atoms with Gasteiger partial charge in [0.05, 0.1) is 31.5 Å². The van der Waals surface area contributed by atoms with Crippen molar-refractivity contribution in [3.05, 3.63) is 261 Å². The van der Waals surface area contributed by atoms with E-state index in [1.165, 1.54) is 69.4 Å². The van der Waals surface area contributed by atoms with Crippen LogP contribution in [0.3, 0.4) is 0 Å². The van der Waals surface area contributed by atoms with Gasteiger partial charge >= 0.3 is 0 Å². The van der Waals surface area contributed by atoms with Gasteiger partial charge < -0.3 is 9.13 Å². The van der Waals surface area contributed by atoms with Crippen molar-refractivity contribution in [2.24, 2.45) is 0 Å². The fraction of sp³-hybridized carbons (Fsp3) is 0. The smallest absolute Gasteiger partial charge is 0.164 e. The zero-order valence-electron chi connectivity index (χ0n) is 40.5. The summed E-state index contributed by atoms with van der Waals surface area (Å²) in [6.45, 7) is 0. The Morgan fingerprint density at radius 2 is 0.560 bits per heavy atom. The summed E-state index contributed by atoms with van der Waals surface area (Å²) in [6.07, 6.45) is 0. The monoisotopic (exact) mass is 973 g/mol. The Bertz CT molecular complexity index is 4600. The summed E-state index contributed by atoms with van der Waals surface area (Å²) < 4.78 is 7.45. The molecule has 75 heavy (non-hydrogen) atoms. The highest BCUT2D eigenvalue weighted by molar-refractivity contribution is 7.27. The molecule has 0 bridgehead atoms. The minimum Gasteiger partial charge on any atom is -0.308 e. The minimum absolute atomic E-state index is 0.603. The first kappa shape index (κ1) is 42.9. The van der Waals surface area contributed by atoms with Gasteiger partial charge in [0.1, 0.15) is 0 Å². The van der Waals surface area contributed by atoms with Gasteiger partial charge in [0.25, 0.3) is 0 Å². The van der Waals surface area contributed by atoms with Crippen molar-refractivity contribution in [3.63, 3.8) is 0 Å². The molecule has 0 atom stereocenters. The molecule has 0 N–H and O–H groups in total. The molecule has 0 unspecified atom stereocenters. The molecule has 5 nitrogen and oxygen atoms in total. The number of aromatic nitrogens is 5. The lowest BCUT2D eigenvalue weighted by Gasteiger charge is -2.12. The van der Waals surface area contributed by atoms with Gasteiger partial charge in [-0.15, -0.1) is 11.3 Å². The molecule has 0 spiro atoms. The van der Waals surface area contributed by atoms with Gasteiger partial charge in [-0.1, -0.05) is 212 Å². The minimum atomic E-state index is 0.603. The zero-order chi connectivity index (χ0) is 49.4. The summed E-state index contributed by atoms with van der Waals surface area (Å²) in [5.74, 6) is 1.83. The van der Waals surface area contributed by atoms with Crippen molar-refractivity contribution < 1.29 is 0 Å². The first-order valence-electron chi connectivity index (χ1n) is 25.3. The SMILES string of the molecule is c1ccc(-c2cccc(-c3nc(-c4cccc(-c5ccccc5)c4)nc(-c4cccc(-n5c6ccccc6c6ccc7c8ccc9c%10ccccc%10n(-c%10cccc(-c%11ccccc%11)c%10)c9c8sc7c65)c4)n3)c2)cc1. The summed E-state index contributed by atoms with van der Waals surface area (Å²) in [4.78, 5) is 15.9. The van der Waals surface area contributed by atoms with Gasteiger partial charge in [-0.05, 0) is 81.9 Å². The van der Waals surface area contributed by atoms with Crippen molar-refractivity contribution in [1.82, 2.24) is 24.1 Å². The lowest BCUT2D eigenvalue weighted by molar-refractivity contribution is 1.07. The molecule has 4 aromatic heterocycles. The van der Waals surface area contributed by atoms with Crippen LogP contribution in [-0.4, -0.2) is 24.1 Å². The van der Waals surface area contributed by atoms with Crippen molar-refractivity contribution in [3.8, 4) is 78.9 Å². The van der Waals surface area contributed by atoms with Crippen molar-refractivity contribution in [2.75, 3.05) is 0 Å².